The SMILES string of the molecule is COc1ccc2c(c1)nc(SCC(=O)Nc1cc(NC(=O)CSc3nc4cc(OC)ccc4n3C)cc(C(=O)O)c1)n2C. The van der Waals surface area contributed by atoms with Crippen molar-refractivity contribution in [1.29, 1.82) is 0 Å². The van der Waals surface area contributed by atoms with E-state index < -0.39 is 5.97 Å². The Morgan fingerprint density at radius 3 is 1.58 bits per heavy atom. The minimum atomic E-state index is -1.19. The van der Waals surface area contributed by atoms with Gasteiger partial charge in [-0.05, 0) is 42.5 Å². The first-order valence-corrected chi connectivity index (χ1v) is 14.9. The van der Waals surface area contributed by atoms with Gasteiger partial charge >= 0.3 is 5.97 Å². The topological polar surface area (TPSA) is 150 Å². The Hall–Kier alpha value is -4.69. The molecule has 2 amide bonds. The highest BCUT2D eigenvalue weighted by atomic mass is 32.2. The van der Waals surface area contributed by atoms with Crippen molar-refractivity contribution < 1.29 is 29.0 Å². The third-order valence-corrected chi connectivity index (χ3v) is 8.57. The summed E-state index contributed by atoms with van der Waals surface area (Å²) in [4.78, 5) is 46.5. The Morgan fingerprint density at radius 2 is 1.19 bits per heavy atom. The maximum absolute atomic E-state index is 12.8. The number of thioether (sulfide) groups is 2. The number of carbonyl (C=O) groups excluding carboxylic acids is 2. The molecule has 5 aromatic rings. The molecule has 0 aliphatic carbocycles. The monoisotopic (exact) mass is 620 g/mol. The van der Waals surface area contributed by atoms with Gasteiger partial charge in [0.25, 0.3) is 0 Å². The fraction of sp³-hybridized carbons (Fsp3) is 0.207. The van der Waals surface area contributed by atoms with E-state index >= 15 is 0 Å². The third kappa shape index (κ3) is 6.70. The van der Waals surface area contributed by atoms with Gasteiger partial charge in [0, 0.05) is 37.6 Å². The summed E-state index contributed by atoms with van der Waals surface area (Å²) in [6.07, 6.45) is 0. The van der Waals surface area contributed by atoms with E-state index in [1.54, 1.807) is 14.2 Å². The molecule has 0 aliphatic heterocycles. The van der Waals surface area contributed by atoms with E-state index in [2.05, 4.69) is 20.6 Å². The molecule has 0 saturated carbocycles. The standard InChI is InChI=1S/C29H28N6O6S2/c1-34-23-7-5-19(40-3)12-21(23)32-28(34)42-14-25(36)30-17-9-16(27(38)39)10-18(11-17)31-26(37)15-43-29-33-22-13-20(41-4)6-8-24(22)35(29)2/h5-13H,14-15H2,1-4H3,(H,30,36)(H,31,37)(H,38,39). The van der Waals surface area contributed by atoms with Crippen LogP contribution in [0, 0.1) is 0 Å². The number of carboxylic acid groups (broad SMARTS) is 1. The molecule has 0 atom stereocenters. The largest absolute Gasteiger partial charge is 0.497 e. The highest BCUT2D eigenvalue weighted by Gasteiger charge is 2.16. The predicted octanol–water partition coefficient (Wildman–Crippen LogP) is 4.64. The summed E-state index contributed by atoms with van der Waals surface area (Å²) in [6.45, 7) is 0. The normalized spacial score (nSPS) is 11.1. The van der Waals surface area contributed by atoms with Gasteiger partial charge in [-0.15, -0.1) is 0 Å². The first kappa shape index (κ1) is 29.8. The number of aromatic nitrogens is 4. The number of nitrogens with zero attached hydrogens (tertiary/aromatic N) is 4. The lowest BCUT2D eigenvalue weighted by molar-refractivity contribution is -0.114. The zero-order chi connectivity index (χ0) is 30.7. The minimum Gasteiger partial charge on any atom is -0.497 e. The van der Waals surface area contributed by atoms with Crippen molar-refractivity contribution in [2.45, 2.75) is 10.3 Å². The van der Waals surface area contributed by atoms with Crippen molar-refractivity contribution in [3.8, 4) is 11.5 Å². The van der Waals surface area contributed by atoms with Gasteiger partial charge in [0.15, 0.2) is 10.3 Å². The van der Waals surface area contributed by atoms with Crippen LogP contribution in [-0.4, -0.2) is 67.7 Å². The molecule has 14 heteroatoms. The Morgan fingerprint density at radius 1 is 0.744 bits per heavy atom. The fourth-order valence-corrected chi connectivity index (χ4v) is 5.95. The summed E-state index contributed by atoms with van der Waals surface area (Å²) in [6, 6.07) is 15.3. The molecule has 0 fully saturated rings. The van der Waals surface area contributed by atoms with Gasteiger partial charge in [-0.3, -0.25) is 9.59 Å². The first-order chi connectivity index (χ1) is 20.6. The average Bonchev–Trinajstić information content (AvgIpc) is 3.48. The Kier molecular flexibility index (Phi) is 8.78. The molecule has 3 aromatic carbocycles. The number of nitrogens with one attached hydrogen (secondary N) is 2. The smallest absolute Gasteiger partial charge is 0.335 e. The van der Waals surface area contributed by atoms with Gasteiger partial charge in [-0.1, -0.05) is 23.5 Å². The lowest BCUT2D eigenvalue weighted by Gasteiger charge is -2.11. The lowest BCUT2D eigenvalue weighted by atomic mass is 10.1. The highest BCUT2D eigenvalue weighted by molar-refractivity contribution is 8.00. The van der Waals surface area contributed by atoms with Gasteiger partial charge in [-0.2, -0.15) is 0 Å². The first-order valence-electron chi connectivity index (χ1n) is 12.9. The van der Waals surface area contributed by atoms with Crippen LogP contribution in [0.4, 0.5) is 11.4 Å². The molecule has 2 aromatic heterocycles. The van der Waals surface area contributed by atoms with Crippen LogP contribution >= 0.6 is 23.5 Å². The summed E-state index contributed by atoms with van der Waals surface area (Å²) in [7, 11) is 6.89. The van der Waals surface area contributed by atoms with E-state index in [9.17, 15) is 19.5 Å². The number of anilines is 2. The van der Waals surface area contributed by atoms with Gasteiger partial charge in [0.05, 0.1) is 53.4 Å². The number of methoxy groups -OCH3 is 2. The van der Waals surface area contributed by atoms with Crippen LogP contribution in [0.5, 0.6) is 11.5 Å². The van der Waals surface area contributed by atoms with E-state index in [-0.39, 0.29) is 40.3 Å². The van der Waals surface area contributed by atoms with E-state index in [0.717, 1.165) is 22.1 Å². The number of imidazole rings is 2. The maximum atomic E-state index is 12.8. The number of benzene rings is 3. The van der Waals surface area contributed by atoms with Gasteiger partial charge in [-0.25, -0.2) is 14.8 Å². The molecule has 0 aliphatic rings. The molecule has 3 N–H and O–H groups in total. The predicted molar refractivity (Wildman–Crippen MR) is 167 cm³/mol. The molecule has 222 valence electrons. The molecule has 12 nitrogen and oxygen atoms in total. The summed E-state index contributed by atoms with van der Waals surface area (Å²) in [5, 5.41) is 16.3. The Bertz CT molecular complexity index is 1740. The van der Waals surface area contributed by atoms with Crippen LogP contribution in [0.3, 0.4) is 0 Å². The number of amides is 2. The van der Waals surface area contributed by atoms with Crippen molar-refractivity contribution >= 4 is 74.7 Å². The van der Waals surface area contributed by atoms with E-state index in [0.29, 0.717) is 21.8 Å². The quantitative estimate of drug-likeness (QED) is 0.178. The molecular formula is C29H28N6O6S2. The molecule has 43 heavy (non-hydrogen) atoms. The zero-order valence-corrected chi connectivity index (χ0v) is 25.3. The highest BCUT2D eigenvalue weighted by Crippen LogP contribution is 2.28. The van der Waals surface area contributed by atoms with Crippen LogP contribution in [0.25, 0.3) is 22.1 Å². The Balaban J connectivity index is 1.23. The van der Waals surface area contributed by atoms with Crippen LogP contribution < -0.4 is 20.1 Å². The van der Waals surface area contributed by atoms with Crippen LogP contribution in [0.1, 0.15) is 10.4 Å². The molecule has 0 unspecified atom stereocenters. The number of fused-ring (bicyclic) bond motifs is 2. The number of carboxylic acids is 1. The lowest BCUT2D eigenvalue weighted by Crippen LogP contribution is -2.17. The van der Waals surface area contributed by atoms with Crippen LogP contribution in [0.15, 0.2) is 64.9 Å². The van der Waals surface area contributed by atoms with Crippen LogP contribution in [0.2, 0.25) is 0 Å². The van der Waals surface area contributed by atoms with E-state index in [1.807, 2.05) is 59.6 Å². The van der Waals surface area contributed by atoms with Crippen molar-refractivity contribution in [2.24, 2.45) is 14.1 Å². The van der Waals surface area contributed by atoms with Crippen molar-refractivity contribution in [1.82, 2.24) is 19.1 Å². The number of carbonyl (C=O) groups is 3. The third-order valence-electron chi connectivity index (χ3n) is 6.51. The molecule has 0 bridgehead atoms. The fourth-order valence-electron chi connectivity index (χ4n) is 4.38. The van der Waals surface area contributed by atoms with E-state index in [4.69, 9.17) is 9.47 Å². The molecule has 0 saturated heterocycles. The zero-order valence-electron chi connectivity index (χ0n) is 23.7. The summed E-state index contributed by atoms with van der Waals surface area (Å²) < 4.78 is 14.3. The van der Waals surface area contributed by atoms with Gasteiger partial charge in [0.2, 0.25) is 11.8 Å². The van der Waals surface area contributed by atoms with Gasteiger partial charge < -0.3 is 34.3 Å². The average molecular weight is 621 g/mol. The minimum absolute atomic E-state index is 0.0355. The number of aromatic carboxylic acids is 1. The molecule has 5 rings (SSSR count). The second-order valence-corrected chi connectivity index (χ2v) is 11.3. The van der Waals surface area contributed by atoms with Crippen molar-refractivity contribution in [3.63, 3.8) is 0 Å². The number of ether oxygens (including phenoxy) is 2. The van der Waals surface area contributed by atoms with Crippen molar-refractivity contribution in [3.05, 3.63) is 60.2 Å². The Labute approximate surface area is 254 Å². The summed E-state index contributed by atoms with van der Waals surface area (Å²) >= 11 is 2.49. The number of hydrogen-bond acceptors (Lipinski definition) is 9. The molecular weight excluding hydrogens is 592 g/mol. The number of aryl methyl sites for hydroxylation is 2. The second-order valence-electron chi connectivity index (χ2n) is 9.39. The molecule has 0 radical (unpaired) electrons. The molecule has 0 spiro atoms. The molecule has 2 heterocycles. The number of rotatable bonds is 11. The van der Waals surface area contributed by atoms with Gasteiger partial charge in [0.1, 0.15) is 11.5 Å². The maximum Gasteiger partial charge on any atom is 0.335 e. The number of hydrogen-bond donors (Lipinski definition) is 3. The second kappa shape index (κ2) is 12.7. The summed E-state index contributed by atoms with van der Waals surface area (Å²) in [5.41, 5.74) is 3.69. The van der Waals surface area contributed by atoms with Crippen molar-refractivity contribution in [2.75, 3.05) is 36.4 Å². The van der Waals surface area contributed by atoms with Crippen LogP contribution in [-0.2, 0) is 23.7 Å². The summed E-state index contributed by atoms with van der Waals surface area (Å²) in [5.74, 6) is -0.466. The van der Waals surface area contributed by atoms with E-state index in [1.165, 1.54) is 41.7 Å².